The van der Waals surface area contributed by atoms with Gasteiger partial charge >= 0.3 is 0 Å². The second kappa shape index (κ2) is 6.62. The van der Waals surface area contributed by atoms with E-state index in [0.29, 0.717) is 13.0 Å². The van der Waals surface area contributed by atoms with Gasteiger partial charge in [-0.3, -0.25) is 4.79 Å². The first kappa shape index (κ1) is 14.0. The predicted molar refractivity (Wildman–Crippen MR) is 72.7 cm³/mol. The van der Waals surface area contributed by atoms with E-state index in [0.717, 1.165) is 31.5 Å². The van der Waals surface area contributed by atoms with Crippen LogP contribution < -0.4 is 10.6 Å². The summed E-state index contributed by atoms with van der Waals surface area (Å²) in [6, 6.07) is 8.18. The number of fused-ring (bicyclic) bond motifs is 1. The third kappa shape index (κ3) is 3.20. The van der Waals surface area contributed by atoms with Gasteiger partial charge in [-0.25, -0.2) is 0 Å². The van der Waals surface area contributed by atoms with Crippen molar-refractivity contribution in [3.63, 3.8) is 0 Å². The van der Waals surface area contributed by atoms with Gasteiger partial charge in [0.25, 0.3) is 0 Å². The first-order chi connectivity index (χ1) is 7.83. The van der Waals surface area contributed by atoms with Crippen molar-refractivity contribution in [2.75, 3.05) is 18.0 Å². The molecule has 0 saturated heterocycles. The number of aryl methyl sites for hydroxylation is 1. The molecule has 2 rings (SSSR count). The van der Waals surface area contributed by atoms with Crippen LogP contribution in [0.1, 0.15) is 24.8 Å². The number of hydrogen-bond acceptors (Lipinski definition) is 2. The van der Waals surface area contributed by atoms with E-state index in [9.17, 15) is 4.79 Å². The molecule has 1 aromatic rings. The molecular weight excluding hydrogens is 236 g/mol. The van der Waals surface area contributed by atoms with Crippen LogP contribution in [0.4, 0.5) is 5.69 Å². The number of anilines is 1. The van der Waals surface area contributed by atoms with Crippen LogP contribution in [0.15, 0.2) is 24.3 Å². The molecule has 0 aromatic heterocycles. The van der Waals surface area contributed by atoms with Crippen LogP contribution in [0, 0.1) is 0 Å². The molecule has 1 aliphatic heterocycles. The van der Waals surface area contributed by atoms with Gasteiger partial charge in [-0.1, -0.05) is 18.2 Å². The van der Waals surface area contributed by atoms with Crippen molar-refractivity contribution in [1.82, 2.24) is 0 Å². The Hall–Kier alpha value is -1.06. The van der Waals surface area contributed by atoms with Crippen molar-refractivity contribution in [1.29, 1.82) is 0 Å². The van der Waals surface area contributed by atoms with Crippen LogP contribution >= 0.6 is 12.4 Å². The van der Waals surface area contributed by atoms with Gasteiger partial charge < -0.3 is 10.6 Å². The monoisotopic (exact) mass is 254 g/mol. The number of nitrogens with two attached hydrogens (primary N) is 1. The lowest BCUT2D eigenvalue weighted by molar-refractivity contribution is -0.118. The van der Waals surface area contributed by atoms with Gasteiger partial charge in [-0.2, -0.15) is 0 Å². The van der Waals surface area contributed by atoms with Crippen LogP contribution in [0.3, 0.4) is 0 Å². The molecule has 0 aliphatic carbocycles. The Labute approximate surface area is 108 Å². The highest BCUT2D eigenvalue weighted by Crippen LogP contribution is 2.26. The predicted octanol–water partition coefficient (Wildman–Crippen LogP) is 2.13. The second-order valence-corrected chi connectivity index (χ2v) is 4.17. The molecule has 1 aliphatic rings. The summed E-state index contributed by atoms with van der Waals surface area (Å²) in [6.07, 6.45) is 3.47. The van der Waals surface area contributed by atoms with Crippen molar-refractivity contribution in [3.05, 3.63) is 29.8 Å². The van der Waals surface area contributed by atoms with Crippen molar-refractivity contribution in [2.45, 2.75) is 25.7 Å². The van der Waals surface area contributed by atoms with Gasteiger partial charge in [0.05, 0.1) is 0 Å². The molecule has 94 valence electrons. The van der Waals surface area contributed by atoms with Crippen LogP contribution in [0.5, 0.6) is 0 Å². The smallest absolute Gasteiger partial charge is 0.226 e. The molecule has 0 atom stereocenters. The lowest BCUT2D eigenvalue weighted by Crippen LogP contribution is -2.32. The van der Waals surface area contributed by atoms with Crippen molar-refractivity contribution >= 4 is 24.0 Å². The van der Waals surface area contributed by atoms with E-state index in [1.54, 1.807) is 0 Å². The lowest BCUT2D eigenvalue weighted by atomic mass is 10.1. The fourth-order valence-corrected chi connectivity index (χ4v) is 2.18. The third-order valence-electron chi connectivity index (χ3n) is 3.01. The standard InChI is InChI=1S/C13H18N2O.ClH/c14-9-4-10-15-12-7-2-1-5-11(12)6-3-8-13(15)16;/h1-2,5,7H,3-4,6,8-10,14H2;1H. The summed E-state index contributed by atoms with van der Waals surface area (Å²) in [5, 5.41) is 0. The zero-order valence-corrected chi connectivity index (χ0v) is 10.7. The topological polar surface area (TPSA) is 46.3 Å². The zero-order chi connectivity index (χ0) is 11.4. The largest absolute Gasteiger partial charge is 0.330 e. The van der Waals surface area contributed by atoms with Crippen LogP contribution in [-0.2, 0) is 11.2 Å². The van der Waals surface area contributed by atoms with E-state index in [-0.39, 0.29) is 18.3 Å². The van der Waals surface area contributed by atoms with E-state index >= 15 is 0 Å². The van der Waals surface area contributed by atoms with Crippen LogP contribution in [-0.4, -0.2) is 19.0 Å². The number of halogens is 1. The van der Waals surface area contributed by atoms with Crippen molar-refractivity contribution in [2.24, 2.45) is 5.73 Å². The highest BCUT2D eigenvalue weighted by molar-refractivity contribution is 5.94. The first-order valence-electron chi connectivity index (χ1n) is 5.91. The van der Waals surface area contributed by atoms with Crippen molar-refractivity contribution in [3.8, 4) is 0 Å². The molecular formula is C13H19ClN2O. The molecule has 1 aromatic carbocycles. The van der Waals surface area contributed by atoms with Gasteiger partial charge in [0.2, 0.25) is 5.91 Å². The summed E-state index contributed by atoms with van der Waals surface area (Å²) in [5.74, 6) is 0.235. The molecule has 0 saturated carbocycles. The molecule has 0 radical (unpaired) electrons. The average molecular weight is 255 g/mol. The van der Waals surface area contributed by atoms with Gasteiger partial charge in [0.15, 0.2) is 0 Å². The molecule has 0 bridgehead atoms. The molecule has 1 heterocycles. The van der Waals surface area contributed by atoms with E-state index in [1.165, 1.54) is 5.56 Å². The third-order valence-corrected chi connectivity index (χ3v) is 3.01. The number of nitrogens with zero attached hydrogens (tertiary/aromatic N) is 1. The number of rotatable bonds is 3. The fourth-order valence-electron chi connectivity index (χ4n) is 2.18. The maximum Gasteiger partial charge on any atom is 0.226 e. The molecule has 4 heteroatoms. The number of carbonyl (C=O) groups excluding carboxylic acids is 1. The number of benzene rings is 1. The van der Waals surface area contributed by atoms with Crippen molar-refractivity contribution < 1.29 is 4.79 Å². The fraction of sp³-hybridized carbons (Fsp3) is 0.462. The van der Waals surface area contributed by atoms with Gasteiger partial charge in [-0.15, -0.1) is 12.4 Å². The number of carbonyl (C=O) groups is 1. The summed E-state index contributed by atoms with van der Waals surface area (Å²) >= 11 is 0. The Kier molecular flexibility index (Phi) is 5.45. The molecule has 2 N–H and O–H groups in total. The van der Waals surface area contributed by atoms with Gasteiger partial charge in [0.1, 0.15) is 0 Å². The maximum atomic E-state index is 12.0. The van der Waals surface area contributed by atoms with Crippen LogP contribution in [0.25, 0.3) is 0 Å². The number of hydrogen-bond donors (Lipinski definition) is 1. The summed E-state index contributed by atoms with van der Waals surface area (Å²) in [6.45, 7) is 1.37. The average Bonchev–Trinajstić information content (AvgIpc) is 2.46. The molecule has 0 fully saturated rings. The van der Waals surface area contributed by atoms with E-state index < -0.39 is 0 Å². The molecule has 0 spiro atoms. The zero-order valence-electron chi connectivity index (χ0n) is 9.89. The quantitative estimate of drug-likeness (QED) is 0.898. The minimum Gasteiger partial charge on any atom is -0.330 e. The highest BCUT2D eigenvalue weighted by Gasteiger charge is 2.20. The Morgan fingerprint density at radius 2 is 2.00 bits per heavy atom. The lowest BCUT2D eigenvalue weighted by Gasteiger charge is -2.22. The normalized spacial score (nSPS) is 14.9. The Bertz CT molecular complexity index is 381. The summed E-state index contributed by atoms with van der Waals surface area (Å²) in [7, 11) is 0. The SMILES string of the molecule is Cl.NCCCN1C(=O)CCCc2ccccc21. The minimum atomic E-state index is 0. The van der Waals surface area contributed by atoms with E-state index in [1.807, 2.05) is 23.1 Å². The van der Waals surface area contributed by atoms with Crippen LogP contribution in [0.2, 0.25) is 0 Å². The minimum absolute atomic E-state index is 0. The molecule has 1 amide bonds. The summed E-state index contributed by atoms with van der Waals surface area (Å²) in [5.41, 5.74) is 7.88. The molecule has 17 heavy (non-hydrogen) atoms. The second-order valence-electron chi connectivity index (χ2n) is 4.17. The van der Waals surface area contributed by atoms with E-state index in [4.69, 9.17) is 5.73 Å². The molecule has 3 nitrogen and oxygen atoms in total. The first-order valence-corrected chi connectivity index (χ1v) is 5.91. The highest BCUT2D eigenvalue weighted by atomic mass is 35.5. The maximum absolute atomic E-state index is 12.0. The summed E-state index contributed by atoms with van der Waals surface area (Å²) in [4.78, 5) is 13.9. The Balaban J connectivity index is 0.00000144. The van der Waals surface area contributed by atoms with Gasteiger partial charge in [-0.05, 0) is 37.4 Å². The number of amides is 1. The Morgan fingerprint density at radius 3 is 2.76 bits per heavy atom. The van der Waals surface area contributed by atoms with E-state index in [2.05, 4.69) is 6.07 Å². The Morgan fingerprint density at radius 1 is 1.24 bits per heavy atom. The van der Waals surface area contributed by atoms with Gasteiger partial charge in [0, 0.05) is 18.7 Å². The molecule has 0 unspecified atom stereocenters. The summed E-state index contributed by atoms with van der Waals surface area (Å²) < 4.78 is 0. The number of para-hydroxylation sites is 1.